The fourth-order valence-corrected chi connectivity index (χ4v) is 2.36. The van der Waals surface area contributed by atoms with Gasteiger partial charge in [-0.25, -0.2) is 8.42 Å². The number of hydrogen-bond donors (Lipinski definition) is 1. The van der Waals surface area contributed by atoms with Crippen molar-refractivity contribution in [2.24, 2.45) is 0 Å². The molecule has 0 amide bonds. The van der Waals surface area contributed by atoms with E-state index in [9.17, 15) is 18.5 Å². The fraction of sp³-hybridized carbons (Fsp3) is 0.455. The maximum atomic E-state index is 11.5. The fourth-order valence-electron chi connectivity index (χ4n) is 1.49. The van der Waals surface area contributed by atoms with E-state index >= 15 is 0 Å². The molecule has 0 fully saturated rings. The van der Waals surface area contributed by atoms with E-state index in [1.807, 2.05) is 13.8 Å². The van der Waals surface area contributed by atoms with Gasteiger partial charge >= 0.3 is 5.69 Å². The summed E-state index contributed by atoms with van der Waals surface area (Å²) in [5.74, 6) is 0. The van der Waals surface area contributed by atoms with Crippen molar-refractivity contribution < 1.29 is 13.3 Å². The maximum Gasteiger partial charge on any atom is 0.310 e. The first-order valence-corrected chi connectivity index (χ1v) is 7.40. The zero-order valence-corrected chi connectivity index (χ0v) is 11.3. The number of benzene rings is 1. The summed E-state index contributed by atoms with van der Waals surface area (Å²) >= 11 is 0. The minimum Gasteiger partial charge on any atom is -0.377 e. The Morgan fingerprint density at radius 1 is 1.44 bits per heavy atom. The van der Waals surface area contributed by atoms with Gasteiger partial charge in [0.05, 0.1) is 4.92 Å². The molecular weight excluding hydrogens is 256 g/mol. The Labute approximate surface area is 106 Å². The van der Waals surface area contributed by atoms with E-state index in [1.54, 1.807) is 0 Å². The van der Waals surface area contributed by atoms with E-state index in [-0.39, 0.29) is 22.3 Å². The molecule has 0 saturated heterocycles. The third-order valence-electron chi connectivity index (χ3n) is 2.60. The summed E-state index contributed by atoms with van der Waals surface area (Å²) in [5, 5.41) is 14.0. The summed E-state index contributed by atoms with van der Waals surface area (Å²) in [6, 6.07) is 4.28. The van der Waals surface area contributed by atoms with E-state index in [2.05, 4.69) is 5.32 Å². The number of nitrogens with one attached hydrogen (secondary N) is 1. The molecular formula is C11H16N2O4S. The zero-order valence-electron chi connectivity index (χ0n) is 10.5. The van der Waals surface area contributed by atoms with Crippen molar-refractivity contribution in [2.45, 2.75) is 31.2 Å². The minimum atomic E-state index is -3.63. The van der Waals surface area contributed by atoms with E-state index in [0.29, 0.717) is 0 Å². The average molecular weight is 272 g/mol. The van der Waals surface area contributed by atoms with Gasteiger partial charge < -0.3 is 5.32 Å². The third-order valence-corrected chi connectivity index (χ3v) is 3.72. The van der Waals surface area contributed by atoms with Crippen LogP contribution in [0, 0.1) is 10.1 Å². The van der Waals surface area contributed by atoms with Crippen LogP contribution in [0.15, 0.2) is 23.1 Å². The molecule has 0 aliphatic rings. The molecule has 0 heterocycles. The van der Waals surface area contributed by atoms with E-state index in [4.69, 9.17) is 0 Å². The maximum absolute atomic E-state index is 11.5. The summed E-state index contributed by atoms with van der Waals surface area (Å²) in [5.41, 5.74) is -0.155. The number of rotatable bonds is 5. The first kappa shape index (κ1) is 14.4. The largest absolute Gasteiger partial charge is 0.377 e. The number of para-hydroxylation sites is 1. The number of anilines is 1. The summed E-state index contributed by atoms with van der Waals surface area (Å²) in [6.07, 6.45) is 1.74. The topological polar surface area (TPSA) is 89.3 Å². The molecule has 1 atom stereocenters. The first-order valence-electron chi connectivity index (χ1n) is 5.51. The van der Waals surface area contributed by atoms with Crippen molar-refractivity contribution in [1.82, 2.24) is 0 Å². The molecule has 0 bridgehead atoms. The van der Waals surface area contributed by atoms with Gasteiger partial charge in [-0.3, -0.25) is 10.1 Å². The van der Waals surface area contributed by atoms with Crippen LogP contribution < -0.4 is 5.32 Å². The second-order valence-corrected chi connectivity index (χ2v) is 6.12. The van der Waals surface area contributed by atoms with E-state index in [0.717, 1.165) is 12.7 Å². The highest BCUT2D eigenvalue weighted by atomic mass is 32.2. The molecule has 100 valence electrons. The molecule has 1 aromatic rings. The summed E-state index contributed by atoms with van der Waals surface area (Å²) in [6.45, 7) is 3.81. The Kier molecular flexibility index (Phi) is 4.28. The summed E-state index contributed by atoms with van der Waals surface area (Å²) in [7, 11) is -3.63. The van der Waals surface area contributed by atoms with Crippen LogP contribution in [-0.2, 0) is 9.84 Å². The van der Waals surface area contributed by atoms with Gasteiger partial charge in [0, 0.05) is 12.3 Å². The molecule has 1 unspecified atom stereocenters. The molecule has 6 nitrogen and oxygen atoms in total. The number of nitro benzene ring substituents is 1. The lowest BCUT2D eigenvalue weighted by atomic mass is 10.2. The van der Waals surface area contributed by atoms with Crippen molar-refractivity contribution in [3.63, 3.8) is 0 Å². The monoisotopic (exact) mass is 272 g/mol. The molecule has 7 heteroatoms. The highest BCUT2D eigenvalue weighted by molar-refractivity contribution is 7.90. The second kappa shape index (κ2) is 5.34. The van der Waals surface area contributed by atoms with Gasteiger partial charge in [0.15, 0.2) is 9.84 Å². The normalized spacial score (nSPS) is 13.1. The number of nitrogens with zero attached hydrogens (tertiary/aromatic N) is 1. The SMILES string of the molecule is CCC(C)Nc1cccc(S(C)(=O)=O)c1[N+](=O)[O-]. The molecule has 0 aliphatic heterocycles. The molecule has 0 radical (unpaired) electrons. The van der Waals surface area contributed by atoms with Crippen LogP contribution >= 0.6 is 0 Å². The molecule has 0 aromatic heterocycles. The van der Waals surface area contributed by atoms with Crippen LogP contribution in [0.3, 0.4) is 0 Å². The smallest absolute Gasteiger partial charge is 0.310 e. The Balaban J connectivity index is 3.40. The van der Waals surface area contributed by atoms with Gasteiger partial charge in [0.2, 0.25) is 0 Å². The summed E-state index contributed by atoms with van der Waals surface area (Å²) < 4.78 is 23.1. The Morgan fingerprint density at radius 3 is 2.50 bits per heavy atom. The van der Waals surface area contributed by atoms with Gasteiger partial charge in [0.1, 0.15) is 10.6 Å². The molecule has 0 spiro atoms. The molecule has 18 heavy (non-hydrogen) atoms. The second-order valence-electron chi connectivity index (χ2n) is 4.14. The van der Waals surface area contributed by atoms with Crippen LogP contribution in [0.2, 0.25) is 0 Å². The minimum absolute atomic E-state index is 0.0264. The van der Waals surface area contributed by atoms with Crippen molar-refractivity contribution >= 4 is 21.2 Å². The van der Waals surface area contributed by atoms with Crippen LogP contribution in [-0.4, -0.2) is 25.6 Å². The lowest BCUT2D eigenvalue weighted by molar-refractivity contribution is -0.386. The van der Waals surface area contributed by atoms with Gasteiger partial charge in [-0.05, 0) is 25.5 Å². The Hall–Kier alpha value is -1.63. The van der Waals surface area contributed by atoms with Crippen molar-refractivity contribution in [1.29, 1.82) is 0 Å². The van der Waals surface area contributed by atoms with Gasteiger partial charge in [-0.2, -0.15) is 0 Å². The lowest BCUT2D eigenvalue weighted by Gasteiger charge is -2.14. The zero-order chi connectivity index (χ0) is 13.9. The van der Waals surface area contributed by atoms with Crippen LogP contribution in [0.25, 0.3) is 0 Å². The average Bonchev–Trinajstić information content (AvgIpc) is 2.27. The van der Waals surface area contributed by atoms with Crippen molar-refractivity contribution in [2.75, 3.05) is 11.6 Å². The Morgan fingerprint density at radius 2 is 2.06 bits per heavy atom. The van der Waals surface area contributed by atoms with Crippen LogP contribution in [0.1, 0.15) is 20.3 Å². The molecule has 1 aromatic carbocycles. The number of nitro groups is 1. The molecule has 1 rings (SSSR count). The lowest BCUT2D eigenvalue weighted by Crippen LogP contribution is -2.15. The Bertz CT molecular complexity index is 554. The number of sulfone groups is 1. The highest BCUT2D eigenvalue weighted by Crippen LogP contribution is 2.32. The highest BCUT2D eigenvalue weighted by Gasteiger charge is 2.26. The van der Waals surface area contributed by atoms with Crippen molar-refractivity contribution in [3.05, 3.63) is 28.3 Å². The third kappa shape index (κ3) is 3.19. The van der Waals surface area contributed by atoms with Gasteiger partial charge in [0.25, 0.3) is 0 Å². The first-order chi connectivity index (χ1) is 8.27. The molecule has 1 N–H and O–H groups in total. The van der Waals surface area contributed by atoms with Gasteiger partial charge in [-0.15, -0.1) is 0 Å². The van der Waals surface area contributed by atoms with Crippen molar-refractivity contribution in [3.8, 4) is 0 Å². The van der Waals surface area contributed by atoms with Gasteiger partial charge in [-0.1, -0.05) is 13.0 Å². The van der Waals surface area contributed by atoms with E-state index in [1.165, 1.54) is 18.2 Å². The quantitative estimate of drug-likeness (QED) is 0.655. The van der Waals surface area contributed by atoms with E-state index < -0.39 is 14.8 Å². The predicted octanol–water partition coefficient (Wildman–Crippen LogP) is 2.21. The standard InChI is InChI=1S/C11H16N2O4S/c1-4-8(2)12-9-6-5-7-10(18(3,16)17)11(9)13(14)15/h5-8,12H,4H2,1-3H3. The molecule has 0 aliphatic carbocycles. The molecule has 0 saturated carbocycles. The summed E-state index contributed by atoms with van der Waals surface area (Å²) in [4.78, 5) is 10.1. The van der Waals surface area contributed by atoms with Crippen LogP contribution in [0.4, 0.5) is 11.4 Å². The number of hydrogen-bond acceptors (Lipinski definition) is 5. The van der Waals surface area contributed by atoms with Crippen LogP contribution in [0.5, 0.6) is 0 Å². The predicted molar refractivity (Wildman–Crippen MR) is 69.6 cm³/mol.